The number of aliphatic carboxylic acids is 1. The number of hydrogen-bond donors (Lipinski definition) is 1. The van der Waals surface area contributed by atoms with Gasteiger partial charge in [0.05, 0.1) is 6.10 Å². The summed E-state index contributed by atoms with van der Waals surface area (Å²) in [6.07, 6.45) is 2.53. The second-order valence-electron chi connectivity index (χ2n) is 4.10. The monoisotopic (exact) mass is 213 g/mol. The van der Waals surface area contributed by atoms with Crippen LogP contribution in [-0.4, -0.2) is 48.3 Å². The van der Waals surface area contributed by atoms with Crippen molar-refractivity contribution in [3.63, 3.8) is 0 Å². The Balaban J connectivity index is 2.45. The van der Waals surface area contributed by atoms with Crippen molar-refractivity contribution in [1.82, 2.24) is 4.90 Å². The Morgan fingerprint density at radius 2 is 2.40 bits per heavy atom. The predicted octanol–water partition coefficient (Wildman–Crippen LogP) is 1.13. The second kappa shape index (κ2) is 5.88. The van der Waals surface area contributed by atoms with Gasteiger partial charge in [0.1, 0.15) is 0 Å². The molecule has 1 unspecified atom stereocenters. The minimum absolute atomic E-state index is 0.241. The molecule has 0 aromatic rings. The molecule has 1 atom stereocenters. The minimum Gasteiger partial charge on any atom is -0.478 e. The van der Waals surface area contributed by atoms with Crippen LogP contribution in [0.4, 0.5) is 0 Å². The fourth-order valence-electron chi connectivity index (χ4n) is 1.83. The summed E-state index contributed by atoms with van der Waals surface area (Å²) in [5, 5.41) is 8.60. The number of rotatable bonds is 3. The second-order valence-corrected chi connectivity index (χ2v) is 4.10. The molecule has 0 amide bonds. The number of nitrogens with zero attached hydrogens (tertiary/aromatic N) is 1. The van der Waals surface area contributed by atoms with Crippen molar-refractivity contribution in [3.8, 4) is 0 Å². The molecule has 1 N–H and O–H groups in total. The van der Waals surface area contributed by atoms with Gasteiger partial charge in [-0.1, -0.05) is 5.57 Å². The van der Waals surface area contributed by atoms with Crippen molar-refractivity contribution in [2.75, 3.05) is 26.2 Å². The molecule has 1 aliphatic rings. The molecular formula is C11H19NO3. The average molecular weight is 213 g/mol. The SMILES string of the molecule is CC(=CC(=O)O)CN1CCCOC(C)C1. The molecule has 1 fully saturated rings. The summed E-state index contributed by atoms with van der Waals surface area (Å²) >= 11 is 0. The van der Waals surface area contributed by atoms with E-state index < -0.39 is 5.97 Å². The first-order chi connectivity index (χ1) is 7.08. The molecule has 0 aromatic carbocycles. The van der Waals surface area contributed by atoms with E-state index in [9.17, 15) is 4.79 Å². The Bertz CT molecular complexity index is 250. The highest BCUT2D eigenvalue weighted by Crippen LogP contribution is 2.07. The third kappa shape index (κ3) is 4.95. The molecule has 1 saturated heterocycles. The van der Waals surface area contributed by atoms with Gasteiger partial charge in [-0.05, 0) is 20.3 Å². The molecular weight excluding hydrogens is 194 g/mol. The quantitative estimate of drug-likeness (QED) is 0.714. The van der Waals surface area contributed by atoms with Crippen molar-refractivity contribution >= 4 is 5.97 Å². The Morgan fingerprint density at radius 3 is 3.07 bits per heavy atom. The van der Waals surface area contributed by atoms with Gasteiger partial charge in [0.2, 0.25) is 0 Å². The first kappa shape index (κ1) is 12.2. The molecule has 1 heterocycles. The van der Waals surface area contributed by atoms with E-state index in [4.69, 9.17) is 9.84 Å². The number of ether oxygens (including phenoxy) is 1. The highest BCUT2D eigenvalue weighted by molar-refractivity contribution is 5.80. The summed E-state index contributed by atoms with van der Waals surface area (Å²) in [4.78, 5) is 12.7. The first-order valence-corrected chi connectivity index (χ1v) is 5.32. The zero-order valence-corrected chi connectivity index (χ0v) is 9.40. The first-order valence-electron chi connectivity index (χ1n) is 5.32. The standard InChI is InChI=1S/C11H19NO3/c1-9(6-11(13)14)7-12-4-3-5-15-10(2)8-12/h6,10H,3-5,7-8H2,1-2H3,(H,13,14). The molecule has 1 aliphatic heterocycles. The summed E-state index contributed by atoms with van der Waals surface area (Å²) < 4.78 is 5.52. The Hall–Kier alpha value is -0.870. The Morgan fingerprint density at radius 1 is 1.67 bits per heavy atom. The van der Waals surface area contributed by atoms with E-state index in [0.717, 1.165) is 38.2 Å². The van der Waals surface area contributed by atoms with Crippen LogP contribution in [0, 0.1) is 0 Å². The van der Waals surface area contributed by atoms with Crippen molar-refractivity contribution in [2.24, 2.45) is 0 Å². The van der Waals surface area contributed by atoms with Gasteiger partial charge in [0, 0.05) is 32.3 Å². The molecule has 0 spiro atoms. The van der Waals surface area contributed by atoms with Crippen LogP contribution in [0.3, 0.4) is 0 Å². The normalized spacial score (nSPS) is 24.9. The van der Waals surface area contributed by atoms with Crippen LogP contribution in [0.1, 0.15) is 20.3 Å². The van der Waals surface area contributed by atoms with Crippen LogP contribution in [0.25, 0.3) is 0 Å². The molecule has 0 saturated carbocycles. The van der Waals surface area contributed by atoms with Crippen LogP contribution in [0.15, 0.2) is 11.6 Å². The van der Waals surface area contributed by atoms with E-state index in [1.807, 2.05) is 6.92 Å². The van der Waals surface area contributed by atoms with Gasteiger partial charge in [-0.3, -0.25) is 4.90 Å². The van der Waals surface area contributed by atoms with Gasteiger partial charge in [0.25, 0.3) is 0 Å². The van der Waals surface area contributed by atoms with E-state index in [2.05, 4.69) is 11.8 Å². The minimum atomic E-state index is -0.869. The average Bonchev–Trinajstić information content (AvgIpc) is 2.28. The topological polar surface area (TPSA) is 49.8 Å². The van der Waals surface area contributed by atoms with Crippen LogP contribution >= 0.6 is 0 Å². The molecule has 86 valence electrons. The van der Waals surface area contributed by atoms with E-state index in [1.54, 1.807) is 0 Å². The molecule has 4 heteroatoms. The Labute approximate surface area is 90.5 Å². The lowest BCUT2D eigenvalue weighted by atomic mass is 10.2. The summed E-state index contributed by atoms with van der Waals surface area (Å²) in [6, 6.07) is 0. The van der Waals surface area contributed by atoms with E-state index in [1.165, 1.54) is 6.08 Å². The number of hydrogen-bond acceptors (Lipinski definition) is 3. The van der Waals surface area contributed by atoms with Gasteiger partial charge in [-0.2, -0.15) is 0 Å². The smallest absolute Gasteiger partial charge is 0.328 e. The molecule has 0 bridgehead atoms. The number of carboxylic acid groups (broad SMARTS) is 1. The molecule has 0 aliphatic carbocycles. The van der Waals surface area contributed by atoms with E-state index >= 15 is 0 Å². The lowest BCUT2D eigenvalue weighted by molar-refractivity contribution is -0.131. The van der Waals surface area contributed by atoms with Crippen molar-refractivity contribution < 1.29 is 14.6 Å². The molecule has 0 radical (unpaired) electrons. The lowest BCUT2D eigenvalue weighted by Gasteiger charge is -2.21. The van der Waals surface area contributed by atoms with E-state index in [-0.39, 0.29) is 6.10 Å². The van der Waals surface area contributed by atoms with E-state index in [0.29, 0.717) is 0 Å². The molecule has 1 rings (SSSR count). The third-order valence-electron chi connectivity index (χ3n) is 2.38. The van der Waals surface area contributed by atoms with Crippen LogP contribution < -0.4 is 0 Å². The van der Waals surface area contributed by atoms with Crippen LogP contribution in [0.5, 0.6) is 0 Å². The maximum absolute atomic E-state index is 10.5. The fraction of sp³-hybridized carbons (Fsp3) is 0.727. The van der Waals surface area contributed by atoms with Gasteiger partial charge in [0.15, 0.2) is 0 Å². The highest BCUT2D eigenvalue weighted by Gasteiger charge is 2.14. The van der Waals surface area contributed by atoms with Gasteiger partial charge < -0.3 is 9.84 Å². The zero-order chi connectivity index (χ0) is 11.3. The summed E-state index contributed by atoms with van der Waals surface area (Å²) in [5.74, 6) is -0.869. The molecule has 0 aromatic heterocycles. The predicted molar refractivity (Wildman–Crippen MR) is 57.9 cm³/mol. The van der Waals surface area contributed by atoms with Crippen molar-refractivity contribution in [2.45, 2.75) is 26.4 Å². The van der Waals surface area contributed by atoms with Gasteiger partial charge in [-0.25, -0.2) is 4.79 Å². The maximum atomic E-state index is 10.5. The largest absolute Gasteiger partial charge is 0.478 e. The molecule has 15 heavy (non-hydrogen) atoms. The maximum Gasteiger partial charge on any atom is 0.328 e. The van der Waals surface area contributed by atoms with Crippen molar-refractivity contribution in [1.29, 1.82) is 0 Å². The number of carbonyl (C=O) groups is 1. The van der Waals surface area contributed by atoms with Gasteiger partial charge >= 0.3 is 5.97 Å². The Kier molecular flexibility index (Phi) is 4.78. The van der Waals surface area contributed by atoms with Gasteiger partial charge in [-0.15, -0.1) is 0 Å². The highest BCUT2D eigenvalue weighted by atomic mass is 16.5. The third-order valence-corrected chi connectivity index (χ3v) is 2.38. The van der Waals surface area contributed by atoms with Crippen LogP contribution in [-0.2, 0) is 9.53 Å². The zero-order valence-electron chi connectivity index (χ0n) is 9.40. The number of carboxylic acids is 1. The summed E-state index contributed by atoms with van der Waals surface area (Å²) in [7, 11) is 0. The fourth-order valence-corrected chi connectivity index (χ4v) is 1.83. The molecule has 4 nitrogen and oxygen atoms in total. The van der Waals surface area contributed by atoms with Crippen LogP contribution in [0.2, 0.25) is 0 Å². The summed E-state index contributed by atoms with van der Waals surface area (Å²) in [5.41, 5.74) is 0.886. The van der Waals surface area contributed by atoms with Crippen molar-refractivity contribution in [3.05, 3.63) is 11.6 Å². The summed E-state index contributed by atoms with van der Waals surface area (Å²) in [6.45, 7) is 7.29. The lowest BCUT2D eigenvalue weighted by Crippen LogP contribution is -2.31.